The van der Waals surface area contributed by atoms with Gasteiger partial charge in [-0.1, -0.05) is 48.0 Å². The van der Waals surface area contributed by atoms with Gasteiger partial charge in [0.25, 0.3) is 0 Å². The molecule has 0 unspecified atom stereocenters. The fourth-order valence-electron chi connectivity index (χ4n) is 4.25. The van der Waals surface area contributed by atoms with E-state index in [4.69, 9.17) is 21.3 Å². The first-order valence-corrected chi connectivity index (χ1v) is 11.3. The smallest absolute Gasteiger partial charge is 0.191 e. The number of halogens is 2. The zero-order chi connectivity index (χ0) is 21.5. The van der Waals surface area contributed by atoms with E-state index >= 15 is 0 Å². The Balaban J connectivity index is 0.00000289. The fraction of sp³-hybridized carbons (Fsp3) is 0.360. The van der Waals surface area contributed by atoms with Crippen molar-refractivity contribution in [2.24, 2.45) is 4.99 Å². The van der Waals surface area contributed by atoms with Crippen LogP contribution in [0.4, 0.5) is 0 Å². The first-order valence-electron chi connectivity index (χ1n) is 10.9. The van der Waals surface area contributed by atoms with Gasteiger partial charge in [0, 0.05) is 48.3 Å². The number of guanidine groups is 1. The topological polar surface area (TPSA) is 58.5 Å². The summed E-state index contributed by atoms with van der Waals surface area (Å²) in [5, 5.41) is 8.92. The Labute approximate surface area is 212 Å². The van der Waals surface area contributed by atoms with Crippen molar-refractivity contribution in [1.82, 2.24) is 15.6 Å². The van der Waals surface area contributed by atoms with Crippen LogP contribution in [0.15, 0.2) is 65.8 Å². The minimum atomic E-state index is -0.0733. The molecule has 1 aromatic heterocycles. The van der Waals surface area contributed by atoms with Gasteiger partial charge in [-0.05, 0) is 49.1 Å². The van der Waals surface area contributed by atoms with Crippen LogP contribution in [0.3, 0.4) is 0 Å². The summed E-state index contributed by atoms with van der Waals surface area (Å²) >= 11 is 6.60. The number of rotatable bonds is 6. The normalized spacial score (nSPS) is 15.8. The van der Waals surface area contributed by atoms with Crippen LogP contribution >= 0.6 is 35.6 Å². The van der Waals surface area contributed by atoms with Crippen molar-refractivity contribution >= 4 is 52.4 Å². The van der Waals surface area contributed by atoms with Crippen LogP contribution in [0.5, 0.6) is 0 Å². The van der Waals surface area contributed by atoms with E-state index in [0.717, 1.165) is 66.6 Å². The van der Waals surface area contributed by atoms with Gasteiger partial charge in [0.05, 0.1) is 12.1 Å². The summed E-state index contributed by atoms with van der Waals surface area (Å²) in [4.78, 5) is 9.32. The lowest BCUT2D eigenvalue weighted by atomic mass is 9.74. The molecule has 0 saturated carbocycles. The second kappa shape index (κ2) is 11.8. The predicted molar refractivity (Wildman–Crippen MR) is 143 cm³/mol. The number of aliphatic imine (C=N–C) groups is 1. The third-order valence-corrected chi connectivity index (χ3v) is 6.31. The third kappa shape index (κ3) is 5.71. The van der Waals surface area contributed by atoms with E-state index in [1.165, 1.54) is 5.56 Å². The molecule has 1 aliphatic heterocycles. The molecule has 0 spiro atoms. The standard InChI is InChI=1S/C25H29ClN4O.HI/c1-2-27-24(29-17-19-11-14-28-23-10-6-3-7-20(19)23)30-18-25(12-15-31-16-13-25)21-8-4-5-9-22(21)26;/h3-11,14H,2,12-13,15-18H2,1H3,(H2,27,29,30);1H. The highest BCUT2D eigenvalue weighted by Crippen LogP contribution is 2.38. The molecule has 32 heavy (non-hydrogen) atoms. The molecule has 170 valence electrons. The number of para-hydroxylation sites is 1. The first-order chi connectivity index (χ1) is 15.2. The highest BCUT2D eigenvalue weighted by atomic mass is 127. The van der Waals surface area contributed by atoms with Crippen LogP contribution < -0.4 is 10.6 Å². The van der Waals surface area contributed by atoms with Crippen molar-refractivity contribution in [3.8, 4) is 0 Å². The van der Waals surface area contributed by atoms with Crippen LogP contribution in [-0.2, 0) is 16.7 Å². The number of hydrogen-bond donors (Lipinski definition) is 2. The van der Waals surface area contributed by atoms with E-state index < -0.39 is 0 Å². The van der Waals surface area contributed by atoms with Crippen LogP contribution in [-0.4, -0.2) is 37.2 Å². The summed E-state index contributed by atoms with van der Waals surface area (Å²) in [6.45, 7) is 5.69. The summed E-state index contributed by atoms with van der Waals surface area (Å²) in [7, 11) is 0. The van der Waals surface area contributed by atoms with Crippen LogP contribution in [0, 0.1) is 0 Å². The van der Waals surface area contributed by atoms with Gasteiger partial charge >= 0.3 is 0 Å². The maximum absolute atomic E-state index is 6.60. The van der Waals surface area contributed by atoms with Gasteiger partial charge in [0.2, 0.25) is 0 Å². The average molecular weight is 565 g/mol. The van der Waals surface area contributed by atoms with E-state index in [9.17, 15) is 0 Å². The SMILES string of the molecule is CCNC(=NCc1ccnc2ccccc12)NCC1(c2ccccc2Cl)CCOCC1.I. The van der Waals surface area contributed by atoms with Crippen molar-refractivity contribution < 1.29 is 4.74 Å². The van der Waals surface area contributed by atoms with Crippen LogP contribution in [0.1, 0.15) is 30.9 Å². The number of ether oxygens (including phenoxy) is 1. The summed E-state index contributed by atoms with van der Waals surface area (Å²) in [5.41, 5.74) is 3.27. The quantitative estimate of drug-likeness (QED) is 0.242. The van der Waals surface area contributed by atoms with E-state index in [1.807, 2.05) is 42.6 Å². The highest BCUT2D eigenvalue weighted by molar-refractivity contribution is 14.0. The zero-order valence-electron chi connectivity index (χ0n) is 18.3. The number of nitrogens with one attached hydrogen (secondary N) is 2. The minimum absolute atomic E-state index is 0. The van der Waals surface area contributed by atoms with E-state index in [-0.39, 0.29) is 29.4 Å². The Morgan fingerprint density at radius 1 is 1.06 bits per heavy atom. The van der Waals surface area contributed by atoms with Crippen LogP contribution in [0.25, 0.3) is 10.9 Å². The average Bonchev–Trinajstić information content (AvgIpc) is 2.82. The second-order valence-electron chi connectivity index (χ2n) is 7.91. The van der Waals surface area contributed by atoms with Gasteiger partial charge in [0.1, 0.15) is 0 Å². The molecule has 1 saturated heterocycles. The molecular formula is C25H30ClIN4O. The largest absolute Gasteiger partial charge is 0.381 e. The van der Waals surface area contributed by atoms with Crippen LogP contribution in [0.2, 0.25) is 5.02 Å². The van der Waals surface area contributed by atoms with Crippen molar-refractivity contribution in [2.45, 2.75) is 31.7 Å². The molecular weight excluding hydrogens is 535 g/mol. The summed E-state index contributed by atoms with van der Waals surface area (Å²) in [6, 6.07) is 18.4. The molecule has 7 heteroatoms. The van der Waals surface area contributed by atoms with Gasteiger partial charge in [-0.3, -0.25) is 4.98 Å². The number of aromatic nitrogens is 1. The van der Waals surface area contributed by atoms with Crippen molar-refractivity contribution in [1.29, 1.82) is 0 Å². The molecule has 0 amide bonds. The first kappa shape index (κ1) is 24.7. The monoisotopic (exact) mass is 564 g/mol. The summed E-state index contributed by atoms with van der Waals surface area (Å²) < 4.78 is 5.66. The molecule has 2 N–H and O–H groups in total. The van der Waals surface area contributed by atoms with Gasteiger partial charge in [-0.2, -0.15) is 0 Å². The molecule has 0 bridgehead atoms. The molecule has 4 rings (SSSR count). The van der Waals surface area contributed by atoms with Crippen molar-refractivity contribution in [2.75, 3.05) is 26.3 Å². The molecule has 2 heterocycles. The highest BCUT2D eigenvalue weighted by Gasteiger charge is 2.36. The minimum Gasteiger partial charge on any atom is -0.381 e. The van der Waals surface area contributed by atoms with Crippen molar-refractivity contribution in [3.05, 3.63) is 76.9 Å². The maximum atomic E-state index is 6.60. The van der Waals surface area contributed by atoms with E-state index in [0.29, 0.717) is 6.54 Å². The molecule has 0 aliphatic carbocycles. The Hall–Kier alpha value is -1.90. The number of hydrogen-bond acceptors (Lipinski definition) is 3. The molecule has 5 nitrogen and oxygen atoms in total. The lowest BCUT2D eigenvalue weighted by Gasteiger charge is -2.38. The number of pyridine rings is 1. The lowest BCUT2D eigenvalue weighted by molar-refractivity contribution is 0.0514. The number of fused-ring (bicyclic) bond motifs is 1. The van der Waals surface area contributed by atoms with Gasteiger partial charge < -0.3 is 15.4 Å². The third-order valence-electron chi connectivity index (χ3n) is 5.98. The Kier molecular flexibility index (Phi) is 9.13. The van der Waals surface area contributed by atoms with Gasteiger partial charge in [-0.15, -0.1) is 24.0 Å². The summed E-state index contributed by atoms with van der Waals surface area (Å²) in [5.74, 6) is 0.807. The van der Waals surface area contributed by atoms with E-state index in [1.54, 1.807) is 0 Å². The van der Waals surface area contributed by atoms with E-state index in [2.05, 4.69) is 40.7 Å². The zero-order valence-corrected chi connectivity index (χ0v) is 21.4. The Bertz CT molecular complexity index is 1050. The molecule has 1 fully saturated rings. The Morgan fingerprint density at radius 2 is 1.81 bits per heavy atom. The molecule has 2 aromatic carbocycles. The maximum Gasteiger partial charge on any atom is 0.191 e. The van der Waals surface area contributed by atoms with Gasteiger partial charge in [0.15, 0.2) is 5.96 Å². The second-order valence-corrected chi connectivity index (χ2v) is 8.32. The predicted octanol–water partition coefficient (Wildman–Crippen LogP) is 5.31. The van der Waals surface area contributed by atoms with Gasteiger partial charge in [-0.25, -0.2) is 4.99 Å². The molecule has 0 atom stereocenters. The van der Waals surface area contributed by atoms with Crippen molar-refractivity contribution in [3.63, 3.8) is 0 Å². The molecule has 0 radical (unpaired) electrons. The molecule has 1 aliphatic rings. The number of benzene rings is 2. The fourth-order valence-corrected chi connectivity index (χ4v) is 4.58. The lowest BCUT2D eigenvalue weighted by Crippen LogP contribution is -2.48. The number of nitrogens with zero attached hydrogens (tertiary/aromatic N) is 2. The summed E-state index contributed by atoms with van der Waals surface area (Å²) in [6.07, 6.45) is 3.71. The Morgan fingerprint density at radius 3 is 2.59 bits per heavy atom. The molecule has 3 aromatic rings.